The van der Waals surface area contributed by atoms with E-state index in [0.29, 0.717) is 40.3 Å². The molecule has 0 radical (unpaired) electrons. The van der Waals surface area contributed by atoms with Crippen molar-refractivity contribution >= 4 is 29.2 Å². The van der Waals surface area contributed by atoms with Crippen LogP contribution in [0.2, 0.25) is 5.02 Å². The lowest BCUT2D eigenvalue weighted by Crippen LogP contribution is -2.45. The monoisotopic (exact) mass is 549 g/mol. The standard InChI is InChI=1S/C31H29ClFNO5/c1-31(2,3)22-10-8-19(14-23(22)32)34-28(27(30(36)37)20-9-7-18(33)13-21(20)29(34)35)17-6-11-24-25(12-17)39-26(15-38-24)16-4-5-16/h6-14,16,26-28H,4-5,15H2,1-3H3,(H,36,37). The number of fused-ring (bicyclic) bond motifs is 2. The van der Waals surface area contributed by atoms with Gasteiger partial charge in [-0.05, 0) is 77.3 Å². The summed E-state index contributed by atoms with van der Waals surface area (Å²) >= 11 is 6.69. The van der Waals surface area contributed by atoms with Gasteiger partial charge in [-0.2, -0.15) is 0 Å². The molecule has 0 bridgehead atoms. The Morgan fingerprint density at radius 3 is 2.49 bits per heavy atom. The van der Waals surface area contributed by atoms with E-state index in [1.54, 1.807) is 30.3 Å². The van der Waals surface area contributed by atoms with Crippen LogP contribution in [-0.4, -0.2) is 29.7 Å². The lowest BCUT2D eigenvalue weighted by molar-refractivity contribution is -0.139. The first-order chi connectivity index (χ1) is 18.5. The molecule has 39 heavy (non-hydrogen) atoms. The summed E-state index contributed by atoms with van der Waals surface area (Å²) in [6.07, 6.45) is 2.13. The van der Waals surface area contributed by atoms with Gasteiger partial charge in [0.05, 0.1) is 6.04 Å². The molecule has 6 nitrogen and oxygen atoms in total. The molecule has 3 aromatic rings. The Balaban J connectivity index is 1.52. The van der Waals surface area contributed by atoms with Gasteiger partial charge in [0.15, 0.2) is 11.5 Å². The quantitative estimate of drug-likeness (QED) is 0.383. The lowest BCUT2D eigenvalue weighted by atomic mass is 9.79. The van der Waals surface area contributed by atoms with Crippen LogP contribution in [0, 0.1) is 11.7 Å². The molecule has 1 aliphatic carbocycles. The molecule has 0 saturated heterocycles. The molecule has 2 aliphatic heterocycles. The van der Waals surface area contributed by atoms with E-state index >= 15 is 0 Å². The van der Waals surface area contributed by atoms with E-state index in [4.69, 9.17) is 21.1 Å². The lowest BCUT2D eigenvalue weighted by Gasteiger charge is -2.41. The van der Waals surface area contributed by atoms with Crippen molar-refractivity contribution in [3.05, 3.63) is 87.7 Å². The van der Waals surface area contributed by atoms with E-state index in [1.165, 1.54) is 17.0 Å². The van der Waals surface area contributed by atoms with Crippen LogP contribution in [0.25, 0.3) is 0 Å². The Hall–Kier alpha value is -3.58. The Morgan fingerprint density at radius 2 is 1.82 bits per heavy atom. The van der Waals surface area contributed by atoms with Crippen molar-refractivity contribution in [2.75, 3.05) is 11.5 Å². The third-order valence-electron chi connectivity index (χ3n) is 7.84. The molecular weight excluding hydrogens is 521 g/mol. The van der Waals surface area contributed by atoms with Crippen LogP contribution in [0.4, 0.5) is 10.1 Å². The highest BCUT2D eigenvalue weighted by Gasteiger charge is 2.46. The molecule has 3 aromatic carbocycles. The summed E-state index contributed by atoms with van der Waals surface area (Å²) < 4.78 is 26.5. The van der Waals surface area contributed by atoms with Crippen molar-refractivity contribution < 1.29 is 28.6 Å². The summed E-state index contributed by atoms with van der Waals surface area (Å²) in [5, 5.41) is 10.9. The normalized spacial score (nSPS) is 22.4. The number of anilines is 1. The second-order valence-corrected chi connectivity index (χ2v) is 12.0. The first-order valence-corrected chi connectivity index (χ1v) is 13.5. The number of benzene rings is 3. The fourth-order valence-corrected chi connectivity index (χ4v) is 6.16. The van der Waals surface area contributed by atoms with Gasteiger partial charge in [0, 0.05) is 16.3 Å². The third-order valence-corrected chi connectivity index (χ3v) is 8.15. The van der Waals surface area contributed by atoms with Crippen molar-refractivity contribution in [2.24, 2.45) is 5.92 Å². The minimum Gasteiger partial charge on any atom is -0.486 e. The van der Waals surface area contributed by atoms with Crippen molar-refractivity contribution in [1.82, 2.24) is 0 Å². The Morgan fingerprint density at radius 1 is 1.05 bits per heavy atom. The van der Waals surface area contributed by atoms with Gasteiger partial charge in [-0.15, -0.1) is 0 Å². The van der Waals surface area contributed by atoms with E-state index in [1.807, 2.05) is 26.8 Å². The van der Waals surface area contributed by atoms with Gasteiger partial charge < -0.3 is 14.6 Å². The number of carboxylic acid groups (broad SMARTS) is 1. The number of ether oxygens (including phenoxy) is 2. The largest absolute Gasteiger partial charge is 0.486 e. The number of carbonyl (C=O) groups excluding carboxylic acids is 1. The third kappa shape index (κ3) is 4.52. The molecule has 6 rings (SSSR count). The minimum atomic E-state index is -1.17. The van der Waals surface area contributed by atoms with Gasteiger partial charge in [-0.3, -0.25) is 14.5 Å². The molecule has 1 amide bonds. The molecule has 0 aromatic heterocycles. The first kappa shape index (κ1) is 25.7. The highest BCUT2D eigenvalue weighted by atomic mass is 35.5. The van der Waals surface area contributed by atoms with E-state index in [0.717, 1.165) is 24.5 Å². The average molecular weight is 550 g/mol. The van der Waals surface area contributed by atoms with Crippen molar-refractivity contribution in [3.63, 3.8) is 0 Å². The molecule has 0 spiro atoms. The van der Waals surface area contributed by atoms with Crippen LogP contribution in [0.15, 0.2) is 54.6 Å². The SMILES string of the molecule is CC(C)(C)c1ccc(N2C(=O)c3cc(F)ccc3C(C(=O)O)C2c2ccc3c(c2)OC(C2CC2)CO3)cc1Cl. The zero-order valence-corrected chi connectivity index (χ0v) is 22.7. The Labute approximate surface area is 231 Å². The predicted octanol–water partition coefficient (Wildman–Crippen LogP) is 6.90. The number of hydrogen-bond acceptors (Lipinski definition) is 4. The molecule has 2 heterocycles. The summed E-state index contributed by atoms with van der Waals surface area (Å²) in [6.45, 7) is 6.57. The fraction of sp³-hybridized carbons (Fsp3) is 0.355. The van der Waals surface area contributed by atoms with E-state index in [9.17, 15) is 19.1 Å². The molecular formula is C31H29ClFNO5. The smallest absolute Gasteiger partial charge is 0.313 e. The molecule has 3 unspecified atom stereocenters. The summed E-state index contributed by atoms with van der Waals surface area (Å²) in [5.74, 6) is -1.86. The highest BCUT2D eigenvalue weighted by Crippen LogP contribution is 2.49. The molecule has 1 fully saturated rings. The molecule has 3 aliphatic rings. The molecule has 3 atom stereocenters. The second kappa shape index (κ2) is 9.26. The maximum absolute atomic E-state index is 14.3. The number of halogens is 2. The van der Waals surface area contributed by atoms with Gasteiger partial charge in [-0.25, -0.2) is 4.39 Å². The number of carbonyl (C=O) groups is 2. The molecule has 1 N–H and O–H groups in total. The zero-order chi connectivity index (χ0) is 27.6. The summed E-state index contributed by atoms with van der Waals surface area (Å²) in [5.41, 5.74) is 1.92. The van der Waals surface area contributed by atoms with E-state index in [2.05, 4.69) is 0 Å². The fourth-order valence-electron chi connectivity index (χ4n) is 5.70. The number of nitrogens with zero attached hydrogens (tertiary/aromatic N) is 1. The van der Waals surface area contributed by atoms with Crippen LogP contribution in [0.5, 0.6) is 11.5 Å². The van der Waals surface area contributed by atoms with Crippen LogP contribution >= 0.6 is 11.6 Å². The number of amides is 1. The molecule has 202 valence electrons. The summed E-state index contributed by atoms with van der Waals surface area (Å²) in [7, 11) is 0. The average Bonchev–Trinajstić information content (AvgIpc) is 3.73. The maximum atomic E-state index is 14.3. The van der Waals surface area contributed by atoms with Gasteiger partial charge in [0.1, 0.15) is 24.4 Å². The van der Waals surface area contributed by atoms with E-state index in [-0.39, 0.29) is 22.6 Å². The summed E-state index contributed by atoms with van der Waals surface area (Å²) in [6, 6.07) is 13.3. The van der Waals surface area contributed by atoms with Gasteiger partial charge in [0.25, 0.3) is 5.91 Å². The Bertz CT molecular complexity index is 1490. The number of hydrogen-bond donors (Lipinski definition) is 1. The van der Waals surface area contributed by atoms with Crippen LogP contribution in [0.1, 0.15) is 72.6 Å². The van der Waals surface area contributed by atoms with Crippen molar-refractivity contribution in [2.45, 2.75) is 57.1 Å². The summed E-state index contributed by atoms with van der Waals surface area (Å²) in [4.78, 5) is 28.3. The minimum absolute atomic E-state index is 0.0148. The van der Waals surface area contributed by atoms with Gasteiger partial charge in [0.2, 0.25) is 0 Å². The van der Waals surface area contributed by atoms with Crippen LogP contribution in [0.3, 0.4) is 0 Å². The number of aliphatic carboxylic acids is 1. The molecule has 8 heteroatoms. The van der Waals surface area contributed by atoms with Crippen LogP contribution in [-0.2, 0) is 10.2 Å². The van der Waals surface area contributed by atoms with E-state index < -0.39 is 29.7 Å². The zero-order valence-electron chi connectivity index (χ0n) is 21.9. The van der Waals surface area contributed by atoms with Gasteiger partial charge >= 0.3 is 5.97 Å². The maximum Gasteiger partial charge on any atom is 0.313 e. The topological polar surface area (TPSA) is 76.1 Å². The Kier molecular flexibility index (Phi) is 6.10. The highest BCUT2D eigenvalue weighted by molar-refractivity contribution is 6.32. The number of carboxylic acids is 1. The van der Waals surface area contributed by atoms with Crippen molar-refractivity contribution in [1.29, 1.82) is 0 Å². The first-order valence-electron chi connectivity index (χ1n) is 13.1. The van der Waals surface area contributed by atoms with Crippen molar-refractivity contribution in [3.8, 4) is 11.5 Å². The van der Waals surface area contributed by atoms with Crippen LogP contribution < -0.4 is 14.4 Å². The number of rotatable bonds is 4. The second-order valence-electron chi connectivity index (χ2n) is 11.6. The predicted molar refractivity (Wildman–Crippen MR) is 146 cm³/mol. The molecule has 1 saturated carbocycles. The van der Waals surface area contributed by atoms with Gasteiger partial charge in [-0.1, -0.05) is 50.6 Å².